The van der Waals surface area contributed by atoms with Crippen molar-refractivity contribution in [1.82, 2.24) is 0 Å². The minimum atomic E-state index is -0.826. The zero-order valence-electron chi connectivity index (χ0n) is 16.2. The molecule has 3 heteroatoms. The number of hydrogen-bond donors (Lipinski definition) is 0. The predicted molar refractivity (Wildman–Crippen MR) is 112 cm³/mol. The Morgan fingerprint density at radius 1 is 0.778 bits per heavy atom. The third-order valence-electron chi connectivity index (χ3n) is 5.47. The summed E-state index contributed by atoms with van der Waals surface area (Å²) in [6.45, 7) is 9.25. The van der Waals surface area contributed by atoms with E-state index in [4.69, 9.17) is 17.0 Å². The molecular formula is C24H24Cl2Zr+2. The van der Waals surface area contributed by atoms with Crippen molar-refractivity contribution in [3.05, 3.63) is 109 Å². The summed E-state index contributed by atoms with van der Waals surface area (Å²) in [5.41, 5.74) is -0.0180. The molecule has 0 unspecified atom stereocenters. The Morgan fingerprint density at radius 3 is 1.63 bits per heavy atom. The van der Waals surface area contributed by atoms with Gasteiger partial charge in [-0.3, -0.25) is 0 Å². The molecule has 0 heterocycles. The van der Waals surface area contributed by atoms with Crippen molar-refractivity contribution >= 4 is 17.0 Å². The van der Waals surface area contributed by atoms with Crippen molar-refractivity contribution < 1.29 is 20.8 Å². The van der Waals surface area contributed by atoms with E-state index in [-0.39, 0.29) is 5.41 Å². The molecule has 10 radical (unpaired) electrons. The van der Waals surface area contributed by atoms with Gasteiger partial charge in [-0.15, -0.1) is 0 Å². The maximum absolute atomic E-state index is 4.93. The Balaban J connectivity index is 0.000000659. The van der Waals surface area contributed by atoms with E-state index in [2.05, 4.69) is 95.6 Å². The van der Waals surface area contributed by atoms with Gasteiger partial charge >= 0.3 is 37.9 Å². The molecule has 0 nitrogen and oxygen atoms in total. The van der Waals surface area contributed by atoms with Crippen LogP contribution in [0.1, 0.15) is 27.7 Å². The first kappa shape index (κ1) is 22.1. The van der Waals surface area contributed by atoms with E-state index in [1.54, 1.807) is 0 Å². The molecule has 0 aromatic rings. The van der Waals surface area contributed by atoms with E-state index < -0.39 is 20.8 Å². The predicted octanol–water partition coefficient (Wildman–Crippen LogP) is 6.96. The van der Waals surface area contributed by atoms with Crippen molar-refractivity contribution in [3.63, 3.8) is 0 Å². The average Bonchev–Trinajstić information content (AvgIpc) is 3.26. The van der Waals surface area contributed by atoms with Gasteiger partial charge in [-0.05, 0) is 42.4 Å². The van der Waals surface area contributed by atoms with Crippen molar-refractivity contribution in [2.24, 2.45) is 11.3 Å². The number of fused-ring (bicyclic) bond motifs is 3. The molecule has 4 aliphatic carbocycles. The summed E-state index contributed by atoms with van der Waals surface area (Å²) >= 11 is -0.826. The molecular weight excluding hydrogens is 450 g/mol. The first-order valence-corrected chi connectivity index (χ1v) is 15.5. The monoisotopic (exact) mass is 472 g/mol. The fraction of sp³-hybridized carbons (Fsp3) is 0.250. The van der Waals surface area contributed by atoms with Crippen molar-refractivity contribution in [1.29, 1.82) is 0 Å². The van der Waals surface area contributed by atoms with E-state index >= 15 is 0 Å². The summed E-state index contributed by atoms with van der Waals surface area (Å²) in [4.78, 5) is 0. The quantitative estimate of drug-likeness (QED) is 0.415. The van der Waals surface area contributed by atoms with E-state index in [1.807, 2.05) is 0 Å². The zero-order valence-corrected chi connectivity index (χ0v) is 20.2. The van der Waals surface area contributed by atoms with Crippen LogP contribution in [0, 0.1) is 72.0 Å². The molecule has 27 heavy (non-hydrogen) atoms. The minimum absolute atomic E-state index is 0.0180. The summed E-state index contributed by atoms with van der Waals surface area (Å²) in [5, 5.41) is 0. The van der Waals surface area contributed by atoms with Crippen molar-refractivity contribution in [2.75, 3.05) is 0 Å². The molecule has 2 fully saturated rings. The van der Waals surface area contributed by atoms with Gasteiger partial charge in [0, 0.05) is 29.6 Å². The van der Waals surface area contributed by atoms with Crippen LogP contribution in [-0.2, 0) is 20.8 Å². The number of hydrogen-bond acceptors (Lipinski definition) is 0. The molecule has 0 saturated heterocycles. The van der Waals surface area contributed by atoms with Gasteiger partial charge < -0.3 is 0 Å². The van der Waals surface area contributed by atoms with Crippen LogP contribution in [0.5, 0.6) is 0 Å². The molecule has 0 amide bonds. The van der Waals surface area contributed by atoms with Crippen LogP contribution < -0.4 is 0 Å². The van der Waals surface area contributed by atoms with Gasteiger partial charge in [-0.2, -0.15) is 0 Å². The second kappa shape index (κ2) is 9.49. The van der Waals surface area contributed by atoms with Crippen LogP contribution in [0.15, 0.2) is 48.6 Å². The molecule has 2 saturated carbocycles. The molecule has 4 aliphatic rings. The van der Waals surface area contributed by atoms with Crippen LogP contribution >= 0.6 is 17.0 Å². The number of allylic oxidation sites excluding steroid dienone is 8. The van der Waals surface area contributed by atoms with E-state index in [9.17, 15) is 0 Å². The molecule has 0 spiro atoms. The van der Waals surface area contributed by atoms with Crippen molar-refractivity contribution in [3.8, 4) is 0 Å². The molecule has 0 aromatic heterocycles. The van der Waals surface area contributed by atoms with E-state index in [1.165, 1.54) is 41.4 Å². The van der Waals surface area contributed by atoms with Gasteiger partial charge in [0.05, 0.1) is 0 Å². The van der Waals surface area contributed by atoms with Gasteiger partial charge in [-0.1, -0.05) is 76.3 Å². The Bertz CT molecular complexity index is 582. The Kier molecular flexibility index (Phi) is 7.77. The SMILES string of the molecule is CC(C)[C]1[CH][CH][C](C(C)(C)[C]2[C]3C=CC=C[C]3[C]3C=CC=C[C]32)[CH]1.[Cl][Zr+2][Cl]. The molecule has 0 aliphatic heterocycles. The van der Waals surface area contributed by atoms with Gasteiger partial charge in [0.2, 0.25) is 0 Å². The summed E-state index contributed by atoms with van der Waals surface area (Å²) in [6.07, 6.45) is 24.6. The summed E-state index contributed by atoms with van der Waals surface area (Å²) in [5.74, 6) is 10.4. The number of halogens is 2. The van der Waals surface area contributed by atoms with Crippen LogP contribution in [0.3, 0.4) is 0 Å². The second-order valence-electron chi connectivity index (χ2n) is 7.75. The number of rotatable bonds is 3. The normalized spacial score (nSPS) is 25.0. The van der Waals surface area contributed by atoms with Crippen LogP contribution in [-0.4, -0.2) is 0 Å². The fourth-order valence-corrected chi connectivity index (χ4v) is 4.04. The van der Waals surface area contributed by atoms with Crippen LogP contribution in [0.25, 0.3) is 0 Å². The summed E-state index contributed by atoms with van der Waals surface area (Å²) < 4.78 is 0. The van der Waals surface area contributed by atoms with Gasteiger partial charge in [-0.25, -0.2) is 0 Å². The topological polar surface area (TPSA) is 0 Å². The fourth-order valence-electron chi connectivity index (χ4n) is 4.04. The van der Waals surface area contributed by atoms with Crippen molar-refractivity contribution in [2.45, 2.75) is 27.7 Å². The van der Waals surface area contributed by atoms with Gasteiger partial charge in [0.25, 0.3) is 0 Å². The Labute approximate surface area is 185 Å². The second-order valence-corrected chi connectivity index (χ2v) is 11.5. The molecule has 4 rings (SSSR count). The molecule has 0 bridgehead atoms. The first-order valence-electron chi connectivity index (χ1n) is 9.21. The molecule has 0 atom stereocenters. The Morgan fingerprint density at radius 2 is 1.22 bits per heavy atom. The third-order valence-corrected chi connectivity index (χ3v) is 5.47. The van der Waals surface area contributed by atoms with Gasteiger partial charge in [0.1, 0.15) is 0 Å². The van der Waals surface area contributed by atoms with E-state index in [0.717, 1.165) is 0 Å². The first-order chi connectivity index (χ1) is 12.9. The Hall–Kier alpha value is 0.423. The molecule has 136 valence electrons. The third kappa shape index (κ3) is 4.46. The summed E-state index contributed by atoms with van der Waals surface area (Å²) in [6, 6.07) is 0. The zero-order chi connectivity index (χ0) is 19.6. The van der Waals surface area contributed by atoms with Crippen LogP contribution in [0.2, 0.25) is 0 Å². The van der Waals surface area contributed by atoms with E-state index in [0.29, 0.717) is 5.92 Å². The van der Waals surface area contributed by atoms with Gasteiger partial charge in [0.15, 0.2) is 0 Å². The molecule has 0 aromatic carbocycles. The standard InChI is InChI=1S/C24H24.2ClH.Zr/c1-16(2)17-13-14-18(15-17)24(3,4)23-21-11-7-5-9-19(21)20-10-6-8-12-22(20)23;;;/h5-16H,1-4H3;2*1H;/q;;;+4/p-2. The maximum atomic E-state index is 4.93. The van der Waals surface area contributed by atoms with Crippen LogP contribution in [0.4, 0.5) is 0 Å². The average molecular weight is 475 g/mol. The molecule has 0 N–H and O–H groups in total. The summed E-state index contributed by atoms with van der Waals surface area (Å²) in [7, 11) is 9.87.